The number of hydrogen-bond donors (Lipinski definition) is 1. The minimum absolute atomic E-state index is 0.635. The van der Waals surface area contributed by atoms with Gasteiger partial charge in [-0.2, -0.15) is 0 Å². The first kappa shape index (κ1) is 10.7. The van der Waals surface area contributed by atoms with E-state index in [0.717, 1.165) is 4.88 Å². The molecule has 3 aromatic heterocycles. The predicted molar refractivity (Wildman–Crippen MR) is 72.9 cm³/mol. The molecule has 4 nitrogen and oxygen atoms in total. The van der Waals surface area contributed by atoms with Crippen LogP contribution in [0.25, 0.3) is 20.2 Å². The Morgan fingerprint density at radius 3 is 3.11 bits per heavy atom. The molecule has 1 aliphatic carbocycles. The van der Waals surface area contributed by atoms with Crippen molar-refractivity contribution in [1.82, 2.24) is 15.5 Å². The van der Waals surface area contributed by atoms with Crippen LogP contribution in [0.2, 0.25) is 0 Å². The number of fused-ring (bicyclic) bond motifs is 1. The Balaban J connectivity index is 1.57. The molecule has 0 unspecified atom stereocenters. The van der Waals surface area contributed by atoms with Crippen molar-refractivity contribution in [2.75, 3.05) is 0 Å². The zero-order chi connectivity index (χ0) is 11.9. The average molecular weight is 277 g/mol. The third kappa shape index (κ3) is 1.96. The first-order chi connectivity index (χ1) is 8.88. The van der Waals surface area contributed by atoms with E-state index in [4.69, 9.17) is 4.42 Å². The van der Waals surface area contributed by atoms with E-state index in [1.165, 1.54) is 22.2 Å². The first-order valence-corrected chi connectivity index (χ1v) is 7.61. The molecule has 0 saturated heterocycles. The fraction of sp³-hybridized carbons (Fsp3) is 0.333. The summed E-state index contributed by atoms with van der Waals surface area (Å²) >= 11 is 3.44. The van der Waals surface area contributed by atoms with Crippen LogP contribution in [-0.4, -0.2) is 16.2 Å². The van der Waals surface area contributed by atoms with Crippen LogP contribution in [0.1, 0.15) is 18.7 Å². The van der Waals surface area contributed by atoms with Crippen LogP contribution in [0.3, 0.4) is 0 Å². The molecule has 0 aromatic carbocycles. The van der Waals surface area contributed by atoms with E-state index in [-0.39, 0.29) is 0 Å². The second kappa shape index (κ2) is 4.15. The van der Waals surface area contributed by atoms with Gasteiger partial charge in [-0.3, -0.25) is 0 Å². The Kier molecular flexibility index (Phi) is 2.46. The molecule has 3 heterocycles. The molecule has 0 bridgehead atoms. The highest BCUT2D eigenvalue weighted by molar-refractivity contribution is 7.28. The molecule has 1 fully saturated rings. The highest BCUT2D eigenvalue weighted by atomic mass is 32.1. The van der Waals surface area contributed by atoms with Gasteiger partial charge in [0, 0.05) is 15.4 Å². The van der Waals surface area contributed by atoms with Crippen molar-refractivity contribution in [2.45, 2.75) is 25.4 Å². The molecule has 0 radical (unpaired) electrons. The van der Waals surface area contributed by atoms with Gasteiger partial charge in [0.25, 0.3) is 5.89 Å². The van der Waals surface area contributed by atoms with Gasteiger partial charge in [-0.05, 0) is 30.4 Å². The van der Waals surface area contributed by atoms with Crippen molar-refractivity contribution < 1.29 is 4.42 Å². The minimum Gasteiger partial charge on any atom is -0.419 e. The van der Waals surface area contributed by atoms with Gasteiger partial charge in [0.1, 0.15) is 0 Å². The summed E-state index contributed by atoms with van der Waals surface area (Å²) in [5.41, 5.74) is 0. The Hall–Kier alpha value is -1.24. The van der Waals surface area contributed by atoms with E-state index in [2.05, 4.69) is 33.0 Å². The van der Waals surface area contributed by atoms with E-state index in [1.54, 1.807) is 22.7 Å². The molecular weight excluding hydrogens is 266 g/mol. The van der Waals surface area contributed by atoms with Crippen molar-refractivity contribution in [3.8, 4) is 10.8 Å². The van der Waals surface area contributed by atoms with Crippen LogP contribution in [0, 0.1) is 0 Å². The fourth-order valence-corrected chi connectivity index (χ4v) is 3.84. The maximum atomic E-state index is 5.68. The lowest BCUT2D eigenvalue weighted by Crippen LogP contribution is -2.15. The minimum atomic E-state index is 0.635. The maximum Gasteiger partial charge on any atom is 0.257 e. The van der Waals surface area contributed by atoms with Gasteiger partial charge >= 0.3 is 0 Å². The summed E-state index contributed by atoms with van der Waals surface area (Å²) in [5.74, 6) is 1.31. The van der Waals surface area contributed by atoms with Gasteiger partial charge in [-0.15, -0.1) is 32.9 Å². The SMILES string of the molecule is c1cc2sc(-c3nnc(CNC4CC4)o3)cc2s1. The van der Waals surface area contributed by atoms with Crippen LogP contribution in [0.4, 0.5) is 0 Å². The molecular formula is C12H11N3OS2. The summed E-state index contributed by atoms with van der Waals surface area (Å²) < 4.78 is 8.24. The lowest BCUT2D eigenvalue weighted by molar-refractivity contribution is 0.477. The standard InChI is InChI=1S/C12H11N3OS2/c1-2-7(1)13-6-11-14-15-12(16-11)10-5-9-8(18-10)3-4-17-9/h3-5,7,13H,1-2,6H2. The number of nitrogens with zero attached hydrogens (tertiary/aromatic N) is 2. The summed E-state index contributed by atoms with van der Waals surface area (Å²) in [7, 11) is 0. The number of aromatic nitrogens is 2. The average Bonchev–Trinajstić information content (AvgIpc) is 2.79. The topological polar surface area (TPSA) is 51.0 Å². The molecule has 0 aliphatic heterocycles. The molecule has 1 saturated carbocycles. The van der Waals surface area contributed by atoms with Crippen LogP contribution in [0.15, 0.2) is 21.9 Å². The third-order valence-corrected chi connectivity index (χ3v) is 5.02. The zero-order valence-electron chi connectivity index (χ0n) is 9.55. The van der Waals surface area contributed by atoms with E-state index >= 15 is 0 Å². The lowest BCUT2D eigenvalue weighted by atomic mass is 10.4. The van der Waals surface area contributed by atoms with Crippen LogP contribution in [-0.2, 0) is 6.54 Å². The normalized spacial score (nSPS) is 15.6. The van der Waals surface area contributed by atoms with Crippen molar-refractivity contribution in [1.29, 1.82) is 0 Å². The Morgan fingerprint density at radius 2 is 2.28 bits per heavy atom. The molecule has 1 N–H and O–H groups in total. The smallest absolute Gasteiger partial charge is 0.257 e. The molecule has 3 aromatic rings. The van der Waals surface area contributed by atoms with Gasteiger partial charge < -0.3 is 9.73 Å². The number of hydrogen-bond acceptors (Lipinski definition) is 6. The molecule has 92 valence electrons. The van der Waals surface area contributed by atoms with Gasteiger partial charge in [0.15, 0.2) is 0 Å². The first-order valence-electron chi connectivity index (χ1n) is 5.92. The predicted octanol–water partition coefficient (Wildman–Crippen LogP) is 3.26. The van der Waals surface area contributed by atoms with Crippen molar-refractivity contribution in [2.24, 2.45) is 0 Å². The molecule has 0 amide bonds. The highest BCUT2D eigenvalue weighted by Crippen LogP contribution is 2.35. The summed E-state index contributed by atoms with van der Waals surface area (Å²) in [6.07, 6.45) is 2.53. The van der Waals surface area contributed by atoms with E-state index in [1.807, 2.05) is 0 Å². The van der Waals surface area contributed by atoms with E-state index in [9.17, 15) is 0 Å². The van der Waals surface area contributed by atoms with Crippen LogP contribution < -0.4 is 5.32 Å². The second-order valence-electron chi connectivity index (χ2n) is 4.42. The van der Waals surface area contributed by atoms with Crippen molar-refractivity contribution in [3.63, 3.8) is 0 Å². The molecule has 4 rings (SSSR count). The molecule has 0 atom stereocenters. The zero-order valence-corrected chi connectivity index (χ0v) is 11.2. The van der Waals surface area contributed by atoms with Gasteiger partial charge in [0.05, 0.1) is 11.4 Å². The maximum absolute atomic E-state index is 5.68. The van der Waals surface area contributed by atoms with Crippen LogP contribution >= 0.6 is 22.7 Å². The third-order valence-electron chi connectivity index (χ3n) is 2.94. The number of rotatable bonds is 4. The Labute approximate surface area is 112 Å². The quantitative estimate of drug-likeness (QED) is 0.795. The second-order valence-corrected chi connectivity index (χ2v) is 6.45. The largest absolute Gasteiger partial charge is 0.419 e. The lowest BCUT2D eigenvalue weighted by Gasteiger charge is -1.95. The monoisotopic (exact) mass is 277 g/mol. The van der Waals surface area contributed by atoms with E-state index < -0.39 is 0 Å². The van der Waals surface area contributed by atoms with Gasteiger partial charge in [-0.25, -0.2) is 0 Å². The van der Waals surface area contributed by atoms with Crippen LogP contribution in [0.5, 0.6) is 0 Å². The molecule has 0 spiro atoms. The Bertz CT molecular complexity index is 652. The van der Waals surface area contributed by atoms with Crippen molar-refractivity contribution in [3.05, 3.63) is 23.4 Å². The molecule has 1 aliphatic rings. The highest BCUT2D eigenvalue weighted by Gasteiger charge is 2.21. The summed E-state index contributed by atoms with van der Waals surface area (Å²) in [4.78, 5) is 1.06. The molecule has 6 heteroatoms. The fourth-order valence-electron chi connectivity index (χ4n) is 1.81. The van der Waals surface area contributed by atoms with Gasteiger partial charge in [0.2, 0.25) is 5.89 Å². The summed E-state index contributed by atoms with van der Waals surface area (Å²) in [6.45, 7) is 0.678. The van der Waals surface area contributed by atoms with Crippen molar-refractivity contribution >= 4 is 32.1 Å². The molecule has 18 heavy (non-hydrogen) atoms. The Morgan fingerprint density at radius 1 is 1.33 bits per heavy atom. The number of thiophene rings is 2. The van der Waals surface area contributed by atoms with Gasteiger partial charge in [-0.1, -0.05) is 0 Å². The summed E-state index contributed by atoms with van der Waals surface area (Å²) in [6, 6.07) is 4.91. The number of nitrogens with one attached hydrogen (secondary N) is 1. The summed E-state index contributed by atoms with van der Waals surface area (Å²) in [5, 5.41) is 13.7. The van der Waals surface area contributed by atoms with E-state index in [0.29, 0.717) is 24.4 Å².